The lowest BCUT2D eigenvalue weighted by molar-refractivity contribution is -0.126. The van der Waals surface area contributed by atoms with E-state index >= 15 is 0 Å². The smallest absolute Gasteiger partial charge is 0.220 e. The van der Waals surface area contributed by atoms with E-state index in [9.17, 15) is 9.59 Å². The van der Waals surface area contributed by atoms with Crippen molar-refractivity contribution in [3.8, 4) is 0 Å². The maximum Gasteiger partial charge on any atom is 0.220 e. The molecule has 2 aliphatic carbocycles. The topological polar surface area (TPSA) is 70.2 Å². The second-order valence-electron chi connectivity index (χ2n) is 4.92. The molecular formula is C12H21N3O2. The van der Waals surface area contributed by atoms with E-state index in [2.05, 4.69) is 16.0 Å². The molecule has 0 radical (unpaired) electrons. The number of hydrogen-bond acceptors (Lipinski definition) is 3. The summed E-state index contributed by atoms with van der Waals surface area (Å²) in [5.41, 5.74) is 0. The summed E-state index contributed by atoms with van der Waals surface area (Å²) >= 11 is 0. The van der Waals surface area contributed by atoms with Crippen molar-refractivity contribution in [1.29, 1.82) is 0 Å². The van der Waals surface area contributed by atoms with Gasteiger partial charge in [0.25, 0.3) is 0 Å². The van der Waals surface area contributed by atoms with Gasteiger partial charge in [-0.05, 0) is 25.7 Å². The maximum absolute atomic E-state index is 11.4. The third kappa shape index (κ3) is 5.68. The summed E-state index contributed by atoms with van der Waals surface area (Å²) in [6.45, 7) is 1.48. The summed E-state index contributed by atoms with van der Waals surface area (Å²) in [6, 6.07) is 1.06. The van der Waals surface area contributed by atoms with Gasteiger partial charge in [0.05, 0.1) is 0 Å². The average Bonchev–Trinajstić information content (AvgIpc) is 3.15. The number of carbonyl (C=O) groups is 2. The molecule has 3 N–H and O–H groups in total. The van der Waals surface area contributed by atoms with Gasteiger partial charge in [-0.3, -0.25) is 9.59 Å². The van der Waals surface area contributed by atoms with E-state index in [-0.39, 0.29) is 11.8 Å². The zero-order chi connectivity index (χ0) is 12.1. The predicted molar refractivity (Wildman–Crippen MR) is 64.4 cm³/mol. The van der Waals surface area contributed by atoms with Gasteiger partial charge in [-0.2, -0.15) is 0 Å². The molecule has 96 valence electrons. The van der Waals surface area contributed by atoms with E-state index in [4.69, 9.17) is 0 Å². The molecule has 0 unspecified atom stereocenters. The minimum atomic E-state index is -0.0338. The fourth-order valence-corrected chi connectivity index (χ4v) is 1.61. The van der Waals surface area contributed by atoms with E-state index in [0.29, 0.717) is 31.5 Å². The first kappa shape index (κ1) is 12.4. The molecule has 0 bridgehead atoms. The first-order chi connectivity index (χ1) is 8.24. The fourth-order valence-electron chi connectivity index (χ4n) is 1.61. The summed E-state index contributed by atoms with van der Waals surface area (Å²) in [7, 11) is 0. The zero-order valence-corrected chi connectivity index (χ0v) is 10.1. The Kier molecular flexibility index (Phi) is 4.36. The number of rotatable bonds is 8. The molecule has 0 saturated heterocycles. The van der Waals surface area contributed by atoms with Crippen molar-refractivity contribution in [2.45, 2.75) is 50.6 Å². The minimum Gasteiger partial charge on any atom is -0.355 e. The standard InChI is InChI=1S/C12H21N3O2/c16-11(14-8-7-13-9-1-2-9)5-6-12(17)15-10-3-4-10/h9-10,13H,1-8H2,(H,14,16)(H,15,17). The Balaban J connectivity index is 1.43. The quantitative estimate of drug-likeness (QED) is 0.519. The van der Waals surface area contributed by atoms with Crippen LogP contribution in [0, 0.1) is 0 Å². The molecular weight excluding hydrogens is 218 g/mol. The van der Waals surface area contributed by atoms with Crippen LogP contribution >= 0.6 is 0 Å². The first-order valence-electron chi connectivity index (χ1n) is 6.53. The van der Waals surface area contributed by atoms with E-state index in [1.807, 2.05) is 0 Å². The minimum absolute atomic E-state index is 0.00115. The number of amides is 2. The van der Waals surface area contributed by atoms with Gasteiger partial charge in [0.15, 0.2) is 0 Å². The molecule has 5 nitrogen and oxygen atoms in total. The molecule has 0 aromatic rings. The zero-order valence-electron chi connectivity index (χ0n) is 10.1. The van der Waals surface area contributed by atoms with Crippen LogP contribution in [0.4, 0.5) is 0 Å². The lowest BCUT2D eigenvalue weighted by atomic mass is 10.3. The van der Waals surface area contributed by atoms with Crippen LogP contribution in [0.2, 0.25) is 0 Å². The van der Waals surface area contributed by atoms with E-state index in [1.165, 1.54) is 12.8 Å². The summed E-state index contributed by atoms with van der Waals surface area (Å²) in [4.78, 5) is 22.7. The molecule has 0 atom stereocenters. The van der Waals surface area contributed by atoms with E-state index < -0.39 is 0 Å². The lowest BCUT2D eigenvalue weighted by Crippen LogP contribution is -2.33. The Morgan fingerprint density at radius 1 is 0.882 bits per heavy atom. The second kappa shape index (κ2) is 6.00. The first-order valence-corrected chi connectivity index (χ1v) is 6.53. The largest absolute Gasteiger partial charge is 0.355 e. The third-order valence-electron chi connectivity index (χ3n) is 2.98. The van der Waals surface area contributed by atoms with Gasteiger partial charge in [-0.25, -0.2) is 0 Å². The van der Waals surface area contributed by atoms with Crippen LogP contribution in [0.5, 0.6) is 0 Å². The van der Waals surface area contributed by atoms with Gasteiger partial charge < -0.3 is 16.0 Å². The molecule has 17 heavy (non-hydrogen) atoms. The van der Waals surface area contributed by atoms with Crippen molar-refractivity contribution in [1.82, 2.24) is 16.0 Å². The Hall–Kier alpha value is -1.10. The summed E-state index contributed by atoms with van der Waals surface area (Å²) in [6.07, 6.45) is 5.29. The van der Waals surface area contributed by atoms with Gasteiger partial charge >= 0.3 is 0 Å². The van der Waals surface area contributed by atoms with Crippen LogP contribution in [0.1, 0.15) is 38.5 Å². The highest BCUT2D eigenvalue weighted by molar-refractivity contribution is 5.83. The Morgan fingerprint density at radius 3 is 2.18 bits per heavy atom. The number of carbonyl (C=O) groups excluding carboxylic acids is 2. The molecule has 2 amide bonds. The average molecular weight is 239 g/mol. The van der Waals surface area contributed by atoms with Crippen LogP contribution in [-0.2, 0) is 9.59 Å². The van der Waals surface area contributed by atoms with Crippen LogP contribution in [0.3, 0.4) is 0 Å². The summed E-state index contributed by atoms with van der Waals surface area (Å²) in [5, 5.41) is 8.99. The SMILES string of the molecule is O=C(CCC(=O)NC1CC1)NCCNC1CC1. The predicted octanol–water partition coefficient (Wildman–Crippen LogP) is -0.0866. The van der Waals surface area contributed by atoms with Crippen molar-refractivity contribution in [3.05, 3.63) is 0 Å². The highest BCUT2D eigenvalue weighted by Crippen LogP contribution is 2.18. The molecule has 2 aliphatic rings. The second-order valence-corrected chi connectivity index (χ2v) is 4.92. The van der Waals surface area contributed by atoms with Gasteiger partial charge in [0.1, 0.15) is 0 Å². The summed E-state index contributed by atoms with van der Waals surface area (Å²) < 4.78 is 0. The van der Waals surface area contributed by atoms with Crippen LogP contribution in [-0.4, -0.2) is 37.0 Å². The van der Waals surface area contributed by atoms with Crippen molar-refractivity contribution in [3.63, 3.8) is 0 Å². The van der Waals surface area contributed by atoms with Gasteiger partial charge in [-0.15, -0.1) is 0 Å². The highest BCUT2D eigenvalue weighted by atomic mass is 16.2. The number of nitrogens with one attached hydrogen (secondary N) is 3. The third-order valence-corrected chi connectivity index (χ3v) is 2.98. The Morgan fingerprint density at radius 2 is 1.53 bits per heavy atom. The molecule has 0 aliphatic heterocycles. The molecule has 0 heterocycles. The van der Waals surface area contributed by atoms with Crippen molar-refractivity contribution < 1.29 is 9.59 Å². The van der Waals surface area contributed by atoms with Gasteiger partial charge in [0.2, 0.25) is 11.8 Å². The molecule has 5 heteroatoms. The van der Waals surface area contributed by atoms with Gasteiger partial charge in [0, 0.05) is 38.0 Å². The Labute approximate surface area is 102 Å². The van der Waals surface area contributed by atoms with Crippen molar-refractivity contribution in [2.24, 2.45) is 0 Å². The van der Waals surface area contributed by atoms with Crippen molar-refractivity contribution >= 4 is 11.8 Å². The fraction of sp³-hybridized carbons (Fsp3) is 0.833. The van der Waals surface area contributed by atoms with Crippen LogP contribution in [0.25, 0.3) is 0 Å². The van der Waals surface area contributed by atoms with E-state index in [1.54, 1.807) is 0 Å². The van der Waals surface area contributed by atoms with Crippen LogP contribution < -0.4 is 16.0 Å². The van der Waals surface area contributed by atoms with E-state index in [0.717, 1.165) is 19.4 Å². The monoisotopic (exact) mass is 239 g/mol. The highest BCUT2D eigenvalue weighted by Gasteiger charge is 2.23. The maximum atomic E-state index is 11.4. The lowest BCUT2D eigenvalue weighted by Gasteiger charge is -2.06. The number of hydrogen-bond donors (Lipinski definition) is 3. The van der Waals surface area contributed by atoms with Crippen molar-refractivity contribution in [2.75, 3.05) is 13.1 Å². The molecule has 0 aromatic carbocycles. The molecule has 2 rings (SSSR count). The molecule has 2 saturated carbocycles. The summed E-state index contributed by atoms with van der Waals surface area (Å²) in [5.74, 6) is -0.0349. The van der Waals surface area contributed by atoms with Gasteiger partial charge in [-0.1, -0.05) is 0 Å². The van der Waals surface area contributed by atoms with Crippen LogP contribution in [0.15, 0.2) is 0 Å². The molecule has 0 aromatic heterocycles. The molecule has 0 spiro atoms. The molecule has 2 fully saturated rings. The Bertz CT molecular complexity index is 285. The normalized spacial score (nSPS) is 18.8.